The first kappa shape index (κ1) is 16.5. The summed E-state index contributed by atoms with van der Waals surface area (Å²) in [4.78, 5) is 25.4. The summed E-state index contributed by atoms with van der Waals surface area (Å²) >= 11 is 0. The maximum Gasteiger partial charge on any atom is 0.237 e. The molecular formula is C17H25N3O2. The van der Waals surface area contributed by atoms with E-state index in [1.807, 2.05) is 38.1 Å². The van der Waals surface area contributed by atoms with Crippen molar-refractivity contribution in [3.05, 3.63) is 29.8 Å². The van der Waals surface area contributed by atoms with Crippen molar-refractivity contribution < 1.29 is 9.59 Å². The molecule has 1 heterocycles. The van der Waals surface area contributed by atoms with Crippen LogP contribution in [0.2, 0.25) is 0 Å². The predicted octanol–water partition coefficient (Wildman–Crippen LogP) is 1.80. The summed E-state index contributed by atoms with van der Waals surface area (Å²) in [6.45, 7) is 5.34. The van der Waals surface area contributed by atoms with Crippen LogP contribution in [0.4, 0.5) is 5.69 Å². The molecule has 3 N–H and O–H groups in total. The van der Waals surface area contributed by atoms with E-state index in [1.165, 1.54) is 0 Å². The maximum absolute atomic E-state index is 11.9. The Bertz CT molecular complexity index is 525. The molecule has 1 atom stereocenters. The third kappa shape index (κ3) is 4.31. The minimum Gasteiger partial charge on any atom is -0.351 e. The lowest BCUT2D eigenvalue weighted by Crippen LogP contribution is -2.41. The minimum atomic E-state index is -0.457. The zero-order valence-electron chi connectivity index (χ0n) is 13.3. The molecular weight excluding hydrogens is 278 g/mol. The van der Waals surface area contributed by atoms with Crippen molar-refractivity contribution in [3.63, 3.8) is 0 Å². The number of carbonyl (C=O) groups excluding carboxylic acids is 2. The first-order valence-electron chi connectivity index (χ1n) is 7.90. The molecule has 2 amide bonds. The van der Waals surface area contributed by atoms with Gasteiger partial charge in [-0.05, 0) is 36.5 Å². The number of amides is 2. The van der Waals surface area contributed by atoms with E-state index in [0.717, 1.165) is 24.2 Å². The Morgan fingerprint density at radius 3 is 2.55 bits per heavy atom. The lowest BCUT2D eigenvalue weighted by molar-refractivity contribution is -0.122. The lowest BCUT2D eigenvalue weighted by Gasteiger charge is -2.17. The number of hydrogen-bond acceptors (Lipinski definition) is 3. The predicted molar refractivity (Wildman–Crippen MR) is 87.3 cm³/mol. The SMILES string of the molecule is CC(C)C[C@H](N)C(=O)NCc1ccc(N2CCCC2=O)cc1. The van der Waals surface area contributed by atoms with E-state index in [-0.39, 0.29) is 11.8 Å². The van der Waals surface area contributed by atoms with Gasteiger partial charge in [-0.3, -0.25) is 9.59 Å². The lowest BCUT2D eigenvalue weighted by atomic mass is 10.0. The van der Waals surface area contributed by atoms with Gasteiger partial charge in [0.05, 0.1) is 6.04 Å². The van der Waals surface area contributed by atoms with Gasteiger partial charge < -0.3 is 16.0 Å². The van der Waals surface area contributed by atoms with Gasteiger partial charge >= 0.3 is 0 Å². The molecule has 0 saturated carbocycles. The van der Waals surface area contributed by atoms with Gasteiger partial charge in [-0.1, -0.05) is 26.0 Å². The van der Waals surface area contributed by atoms with Crippen LogP contribution in [0, 0.1) is 5.92 Å². The average molecular weight is 303 g/mol. The summed E-state index contributed by atoms with van der Waals surface area (Å²) in [5.41, 5.74) is 7.77. The van der Waals surface area contributed by atoms with Gasteiger partial charge in [0.15, 0.2) is 0 Å². The van der Waals surface area contributed by atoms with Crippen molar-refractivity contribution in [3.8, 4) is 0 Å². The number of benzene rings is 1. The Morgan fingerprint density at radius 2 is 2.00 bits per heavy atom. The molecule has 5 heteroatoms. The first-order valence-corrected chi connectivity index (χ1v) is 7.90. The summed E-state index contributed by atoms with van der Waals surface area (Å²) in [5.74, 6) is 0.464. The zero-order valence-corrected chi connectivity index (χ0v) is 13.3. The Kier molecular flexibility index (Phi) is 5.55. The Morgan fingerprint density at radius 1 is 1.32 bits per heavy atom. The topological polar surface area (TPSA) is 75.4 Å². The third-order valence-electron chi connectivity index (χ3n) is 3.85. The minimum absolute atomic E-state index is 0.118. The van der Waals surface area contributed by atoms with Crippen LogP contribution in [0.15, 0.2) is 24.3 Å². The summed E-state index contributed by atoms with van der Waals surface area (Å²) in [5, 5.41) is 2.86. The second kappa shape index (κ2) is 7.40. The van der Waals surface area contributed by atoms with Crippen LogP contribution < -0.4 is 16.0 Å². The van der Waals surface area contributed by atoms with Gasteiger partial charge in [-0.15, -0.1) is 0 Å². The van der Waals surface area contributed by atoms with E-state index in [1.54, 1.807) is 4.90 Å². The quantitative estimate of drug-likeness (QED) is 0.841. The van der Waals surface area contributed by atoms with Crippen LogP contribution in [-0.4, -0.2) is 24.4 Å². The fourth-order valence-electron chi connectivity index (χ4n) is 2.65. The summed E-state index contributed by atoms with van der Waals surface area (Å²) in [7, 11) is 0. The van der Waals surface area contributed by atoms with Gasteiger partial charge in [-0.2, -0.15) is 0 Å². The standard InChI is InChI=1S/C17H25N3O2/c1-12(2)10-15(18)17(22)19-11-13-5-7-14(8-6-13)20-9-3-4-16(20)21/h5-8,12,15H,3-4,9-11,18H2,1-2H3,(H,19,22)/t15-/m0/s1. The largest absolute Gasteiger partial charge is 0.351 e. The maximum atomic E-state index is 11.9. The van der Waals surface area contributed by atoms with E-state index in [9.17, 15) is 9.59 Å². The normalized spacial score (nSPS) is 16.2. The van der Waals surface area contributed by atoms with E-state index >= 15 is 0 Å². The number of nitrogens with zero attached hydrogens (tertiary/aromatic N) is 1. The fraction of sp³-hybridized carbons (Fsp3) is 0.529. The van der Waals surface area contributed by atoms with Crippen molar-refractivity contribution in [2.45, 2.75) is 45.7 Å². The molecule has 1 saturated heterocycles. The molecule has 1 fully saturated rings. The van der Waals surface area contributed by atoms with Crippen LogP contribution in [0.1, 0.15) is 38.7 Å². The molecule has 0 aliphatic carbocycles. The Balaban J connectivity index is 1.86. The van der Waals surface area contributed by atoms with Gasteiger partial charge in [-0.25, -0.2) is 0 Å². The third-order valence-corrected chi connectivity index (χ3v) is 3.85. The number of rotatable bonds is 6. The highest BCUT2D eigenvalue weighted by molar-refractivity contribution is 5.95. The molecule has 0 aromatic heterocycles. The van der Waals surface area contributed by atoms with Crippen LogP contribution in [0.3, 0.4) is 0 Å². The molecule has 1 aliphatic heterocycles. The molecule has 0 spiro atoms. The monoisotopic (exact) mass is 303 g/mol. The molecule has 120 valence electrons. The second-order valence-corrected chi connectivity index (χ2v) is 6.27. The van der Waals surface area contributed by atoms with Crippen molar-refractivity contribution in [2.24, 2.45) is 11.7 Å². The van der Waals surface area contributed by atoms with Gasteiger partial charge in [0.25, 0.3) is 0 Å². The number of nitrogens with one attached hydrogen (secondary N) is 1. The second-order valence-electron chi connectivity index (χ2n) is 6.27. The van der Waals surface area contributed by atoms with Crippen molar-refractivity contribution in [2.75, 3.05) is 11.4 Å². The van der Waals surface area contributed by atoms with Crippen LogP contribution in [0.5, 0.6) is 0 Å². The number of nitrogens with two attached hydrogens (primary N) is 1. The van der Waals surface area contributed by atoms with Gasteiger partial charge in [0, 0.05) is 25.2 Å². The van der Waals surface area contributed by atoms with Crippen LogP contribution >= 0.6 is 0 Å². The molecule has 1 aromatic carbocycles. The Labute approximate surface area is 131 Å². The molecule has 0 unspecified atom stereocenters. The first-order chi connectivity index (χ1) is 10.5. The number of hydrogen-bond donors (Lipinski definition) is 2. The Hall–Kier alpha value is -1.88. The van der Waals surface area contributed by atoms with E-state index < -0.39 is 6.04 Å². The van der Waals surface area contributed by atoms with Crippen molar-refractivity contribution in [1.82, 2.24) is 5.32 Å². The zero-order chi connectivity index (χ0) is 16.1. The van der Waals surface area contributed by atoms with Crippen LogP contribution in [-0.2, 0) is 16.1 Å². The average Bonchev–Trinajstić information content (AvgIpc) is 2.90. The molecule has 1 aliphatic rings. The highest BCUT2D eigenvalue weighted by atomic mass is 16.2. The van der Waals surface area contributed by atoms with Gasteiger partial charge in [0.1, 0.15) is 0 Å². The van der Waals surface area contributed by atoms with E-state index in [4.69, 9.17) is 5.73 Å². The highest BCUT2D eigenvalue weighted by Gasteiger charge is 2.21. The smallest absolute Gasteiger partial charge is 0.237 e. The molecule has 5 nitrogen and oxygen atoms in total. The highest BCUT2D eigenvalue weighted by Crippen LogP contribution is 2.21. The molecule has 0 bridgehead atoms. The summed E-state index contributed by atoms with van der Waals surface area (Å²) < 4.78 is 0. The molecule has 0 radical (unpaired) electrons. The molecule has 2 rings (SSSR count). The van der Waals surface area contributed by atoms with Crippen molar-refractivity contribution in [1.29, 1.82) is 0 Å². The fourth-order valence-corrected chi connectivity index (χ4v) is 2.65. The van der Waals surface area contributed by atoms with E-state index in [2.05, 4.69) is 5.32 Å². The van der Waals surface area contributed by atoms with Crippen molar-refractivity contribution >= 4 is 17.5 Å². The van der Waals surface area contributed by atoms with Gasteiger partial charge in [0.2, 0.25) is 11.8 Å². The molecule has 22 heavy (non-hydrogen) atoms. The van der Waals surface area contributed by atoms with Crippen LogP contribution in [0.25, 0.3) is 0 Å². The molecule has 1 aromatic rings. The number of carbonyl (C=O) groups is 2. The summed E-state index contributed by atoms with van der Waals surface area (Å²) in [6, 6.07) is 7.28. The number of anilines is 1. The van der Waals surface area contributed by atoms with E-state index in [0.29, 0.717) is 25.3 Å². The summed E-state index contributed by atoms with van der Waals surface area (Å²) in [6.07, 6.45) is 2.23.